The van der Waals surface area contributed by atoms with E-state index in [1.807, 2.05) is 16.7 Å². The van der Waals surface area contributed by atoms with Crippen LogP contribution in [0.25, 0.3) is 0 Å². The van der Waals surface area contributed by atoms with Crippen molar-refractivity contribution in [2.75, 3.05) is 18.8 Å². The number of rotatable bonds is 4. The van der Waals surface area contributed by atoms with E-state index in [0.29, 0.717) is 17.1 Å². The van der Waals surface area contributed by atoms with Gasteiger partial charge in [-0.3, -0.25) is 4.79 Å². The first-order valence-corrected chi connectivity index (χ1v) is 7.62. The van der Waals surface area contributed by atoms with E-state index in [2.05, 4.69) is 27.7 Å². The van der Waals surface area contributed by atoms with Crippen LogP contribution in [0.1, 0.15) is 34.1 Å². The van der Waals surface area contributed by atoms with Crippen LogP contribution in [0.3, 0.4) is 0 Å². The van der Waals surface area contributed by atoms with Gasteiger partial charge in [0.05, 0.1) is 6.04 Å². The lowest BCUT2D eigenvalue weighted by molar-refractivity contribution is -0.133. The van der Waals surface area contributed by atoms with Crippen LogP contribution in [0.5, 0.6) is 0 Å². The summed E-state index contributed by atoms with van der Waals surface area (Å²) in [5, 5.41) is 0.568. The number of halogens is 1. The van der Waals surface area contributed by atoms with Gasteiger partial charge in [0.15, 0.2) is 0 Å². The lowest BCUT2D eigenvalue weighted by Crippen LogP contribution is -2.50. The monoisotopic (exact) mass is 294 g/mol. The van der Waals surface area contributed by atoms with Crippen molar-refractivity contribution in [1.82, 2.24) is 4.90 Å². The Hall–Kier alpha value is 0.0700. The molecule has 3 nitrogen and oxygen atoms in total. The Morgan fingerprint density at radius 2 is 2.00 bits per heavy atom. The third-order valence-electron chi connectivity index (χ3n) is 3.19. The summed E-state index contributed by atoms with van der Waals surface area (Å²) in [6.45, 7) is 10.4. The molecular formula is C13H27ClN2OS. The molecule has 108 valence electrons. The zero-order valence-electron chi connectivity index (χ0n) is 11.9. The van der Waals surface area contributed by atoms with Gasteiger partial charge in [0.2, 0.25) is 5.91 Å². The van der Waals surface area contributed by atoms with Crippen molar-refractivity contribution in [3.05, 3.63) is 0 Å². The van der Waals surface area contributed by atoms with Crippen molar-refractivity contribution in [2.45, 2.75) is 45.4 Å². The number of thioether (sulfide) groups is 1. The second-order valence-electron chi connectivity index (χ2n) is 5.67. The lowest BCUT2D eigenvalue weighted by atomic mass is 10.0. The van der Waals surface area contributed by atoms with Gasteiger partial charge in [0.1, 0.15) is 0 Å². The number of hydrogen-bond donors (Lipinski definition) is 1. The molecule has 0 aromatic rings. The van der Waals surface area contributed by atoms with Gasteiger partial charge in [-0.05, 0) is 18.3 Å². The first kappa shape index (κ1) is 18.1. The molecule has 18 heavy (non-hydrogen) atoms. The Labute approximate surface area is 122 Å². The summed E-state index contributed by atoms with van der Waals surface area (Å²) in [6.07, 6.45) is 0.787. The minimum Gasteiger partial charge on any atom is -0.339 e. The van der Waals surface area contributed by atoms with Crippen molar-refractivity contribution in [3.8, 4) is 0 Å². The zero-order valence-corrected chi connectivity index (χ0v) is 13.5. The molecule has 1 amide bonds. The van der Waals surface area contributed by atoms with Gasteiger partial charge in [-0.1, -0.05) is 27.7 Å². The van der Waals surface area contributed by atoms with Crippen molar-refractivity contribution in [2.24, 2.45) is 17.6 Å². The van der Waals surface area contributed by atoms with Crippen molar-refractivity contribution >= 4 is 30.1 Å². The molecule has 2 N–H and O–H groups in total. The third-order valence-corrected chi connectivity index (χ3v) is 4.73. The number of carbonyl (C=O) groups is 1. The Balaban J connectivity index is 0.00000289. The Bertz CT molecular complexity index is 261. The van der Waals surface area contributed by atoms with E-state index in [-0.39, 0.29) is 24.4 Å². The van der Waals surface area contributed by atoms with Crippen LogP contribution in [0.2, 0.25) is 0 Å². The van der Waals surface area contributed by atoms with Gasteiger partial charge in [0.25, 0.3) is 0 Å². The quantitative estimate of drug-likeness (QED) is 0.866. The predicted octanol–water partition coefficient (Wildman–Crippen LogP) is 2.38. The largest absolute Gasteiger partial charge is 0.339 e. The second kappa shape index (κ2) is 8.28. The molecule has 1 aliphatic heterocycles. The minimum absolute atomic E-state index is 0. The molecule has 1 heterocycles. The molecule has 1 unspecified atom stereocenters. The minimum atomic E-state index is -0.314. The van der Waals surface area contributed by atoms with E-state index in [4.69, 9.17) is 5.73 Å². The molecule has 5 heteroatoms. The molecule has 0 aliphatic carbocycles. The highest BCUT2D eigenvalue weighted by Gasteiger charge is 2.28. The number of nitrogens with two attached hydrogens (primary N) is 1. The van der Waals surface area contributed by atoms with Gasteiger partial charge >= 0.3 is 0 Å². The molecular weight excluding hydrogens is 268 g/mol. The second-order valence-corrected chi connectivity index (χ2v) is 7.02. The smallest absolute Gasteiger partial charge is 0.239 e. The average molecular weight is 295 g/mol. The van der Waals surface area contributed by atoms with Crippen LogP contribution in [-0.2, 0) is 4.79 Å². The van der Waals surface area contributed by atoms with Gasteiger partial charge in [0, 0.05) is 24.1 Å². The van der Waals surface area contributed by atoms with Crippen LogP contribution in [0.15, 0.2) is 0 Å². The van der Waals surface area contributed by atoms with Crippen LogP contribution < -0.4 is 5.73 Å². The summed E-state index contributed by atoms with van der Waals surface area (Å²) >= 11 is 1.98. The molecule has 0 radical (unpaired) electrons. The molecule has 1 fully saturated rings. The Kier molecular flexibility index (Phi) is 8.31. The summed E-state index contributed by atoms with van der Waals surface area (Å²) in [5.74, 6) is 2.29. The zero-order chi connectivity index (χ0) is 13.0. The maximum absolute atomic E-state index is 12.2. The summed E-state index contributed by atoms with van der Waals surface area (Å²) in [6, 6.07) is -0.314. The molecule has 0 aromatic heterocycles. The van der Waals surface area contributed by atoms with E-state index in [1.54, 1.807) is 0 Å². The molecule has 0 bridgehead atoms. The van der Waals surface area contributed by atoms with Crippen molar-refractivity contribution in [3.63, 3.8) is 0 Å². The van der Waals surface area contributed by atoms with Gasteiger partial charge in [-0.2, -0.15) is 11.8 Å². The van der Waals surface area contributed by atoms with Crippen molar-refractivity contribution < 1.29 is 4.79 Å². The molecule has 0 saturated carbocycles. The predicted molar refractivity (Wildman–Crippen MR) is 82.3 cm³/mol. The fourth-order valence-corrected chi connectivity index (χ4v) is 3.42. The van der Waals surface area contributed by atoms with Crippen LogP contribution in [-0.4, -0.2) is 40.9 Å². The van der Waals surface area contributed by atoms with E-state index >= 15 is 0 Å². The first-order valence-electron chi connectivity index (χ1n) is 6.57. The summed E-state index contributed by atoms with van der Waals surface area (Å²) < 4.78 is 0. The molecule has 2 atom stereocenters. The summed E-state index contributed by atoms with van der Waals surface area (Å²) in [5.41, 5.74) is 5.97. The van der Waals surface area contributed by atoms with E-state index < -0.39 is 0 Å². The molecule has 1 saturated heterocycles. The Morgan fingerprint density at radius 1 is 1.39 bits per heavy atom. The number of hydrogen-bond acceptors (Lipinski definition) is 3. The molecule has 0 aromatic carbocycles. The fraction of sp³-hybridized carbons (Fsp3) is 0.923. The number of amides is 1. The topological polar surface area (TPSA) is 46.3 Å². The lowest BCUT2D eigenvalue weighted by Gasteiger charge is -2.35. The Morgan fingerprint density at radius 3 is 2.50 bits per heavy atom. The molecule has 1 rings (SSSR count). The van der Waals surface area contributed by atoms with Gasteiger partial charge in [-0.15, -0.1) is 12.4 Å². The maximum Gasteiger partial charge on any atom is 0.239 e. The van der Waals surface area contributed by atoms with Crippen LogP contribution in [0.4, 0.5) is 0 Å². The SMILES string of the molecule is CC(C)C[C@H](N)C(=O)N1CCSC(C(C)C)C1.Cl. The van der Waals surface area contributed by atoms with Gasteiger partial charge in [-0.25, -0.2) is 0 Å². The highest BCUT2D eigenvalue weighted by atomic mass is 35.5. The van der Waals surface area contributed by atoms with Crippen molar-refractivity contribution in [1.29, 1.82) is 0 Å². The molecule has 1 aliphatic rings. The number of nitrogens with zero attached hydrogens (tertiary/aromatic N) is 1. The van der Waals surface area contributed by atoms with Crippen LogP contribution >= 0.6 is 24.2 Å². The van der Waals surface area contributed by atoms with E-state index in [0.717, 1.165) is 25.3 Å². The van der Waals surface area contributed by atoms with Gasteiger partial charge < -0.3 is 10.6 Å². The maximum atomic E-state index is 12.2. The summed E-state index contributed by atoms with van der Waals surface area (Å²) in [7, 11) is 0. The average Bonchev–Trinajstić information content (AvgIpc) is 2.27. The van der Waals surface area contributed by atoms with E-state index in [1.165, 1.54) is 0 Å². The third kappa shape index (κ3) is 5.37. The molecule has 0 spiro atoms. The summed E-state index contributed by atoms with van der Waals surface area (Å²) in [4.78, 5) is 14.2. The van der Waals surface area contributed by atoms with Crippen LogP contribution in [0, 0.1) is 11.8 Å². The fourth-order valence-electron chi connectivity index (χ4n) is 2.12. The highest BCUT2D eigenvalue weighted by molar-refractivity contribution is 8.00. The highest BCUT2D eigenvalue weighted by Crippen LogP contribution is 2.25. The standard InChI is InChI=1S/C13H26N2OS.ClH/c1-9(2)7-11(14)13(16)15-5-6-17-12(8-15)10(3)4;/h9-12H,5-8,14H2,1-4H3;1H/t11-,12?;/m0./s1. The first-order chi connectivity index (χ1) is 7.91. The number of carbonyl (C=O) groups excluding carboxylic acids is 1. The normalized spacial score (nSPS) is 21.9. The van der Waals surface area contributed by atoms with E-state index in [9.17, 15) is 4.79 Å².